The van der Waals surface area contributed by atoms with Crippen LogP contribution >= 0.6 is 0 Å². The summed E-state index contributed by atoms with van der Waals surface area (Å²) in [5.74, 6) is -0.435. The molecule has 0 saturated carbocycles. The minimum Gasteiger partial charge on any atom is -0.399 e. The average Bonchev–Trinajstić information content (AvgIpc) is 2.26. The van der Waals surface area contributed by atoms with Gasteiger partial charge in [0.2, 0.25) is 0 Å². The summed E-state index contributed by atoms with van der Waals surface area (Å²) in [5, 5.41) is 2.95. The van der Waals surface area contributed by atoms with Crippen molar-refractivity contribution in [2.45, 2.75) is 4.90 Å². The molecule has 0 unspecified atom stereocenters. The summed E-state index contributed by atoms with van der Waals surface area (Å²) in [6.07, 6.45) is 1.14. The lowest BCUT2D eigenvalue weighted by atomic mass is 10.2. The minimum atomic E-state index is -3.21. The molecule has 0 spiro atoms. The fourth-order valence-electron chi connectivity index (χ4n) is 1.64. The van der Waals surface area contributed by atoms with Gasteiger partial charge in [-0.3, -0.25) is 0 Å². The van der Waals surface area contributed by atoms with E-state index in [0.29, 0.717) is 17.1 Å². The summed E-state index contributed by atoms with van der Waals surface area (Å²) in [7, 11) is -3.21. The smallest absolute Gasteiger partial charge is 0.175 e. The van der Waals surface area contributed by atoms with Crippen LogP contribution in [0.3, 0.4) is 0 Å². The van der Waals surface area contributed by atoms with Crippen LogP contribution in [0.2, 0.25) is 0 Å². The van der Waals surface area contributed by atoms with Crippen LogP contribution in [0.5, 0.6) is 0 Å². The van der Waals surface area contributed by atoms with Crippen LogP contribution in [-0.4, -0.2) is 14.7 Å². The summed E-state index contributed by atoms with van der Waals surface area (Å²) in [4.78, 5) is 0.233. The Morgan fingerprint density at radius 3 is 2.21 bits per heavy atom. The molecule has 0 atom stereocenters. The molecule has 100 valence electrons. The van der Waals surface area contributed by atoms with E-state index in [0.717, 1.165) is 6.26 Å². The second-order valence-corrected chi connectivity index (χ2v) is 6.21. The number of hydrogen-bond donors (Lipinski definition) is 2. The molecule has 0 heterocycles. The second-order valence-electron chi connectivity index (χ2n) is 4.19. The van der Waals surface area contributed by atoms with Gasteiger partial charge in [-0.2, -0.15) is 0 Å². The maximum atomic E-state index is 13.2. The van der Waals surface area contributed by atoms with Crippen molar-refractivity contribution in [3.63, 3.8) is 0 Å². The van der Waals surface area contributed by atoms with Crippen LogP contribution in [-0.2, 0) is 9.84 Å². The topological polar surface area (TPSA) is 72.2 Å². The van der Waals surface area contributed by atoms with Crippen LogP contribution in [0, 0.1) is 5.82 Å². The SMILES string of the molecule is CS(=O)(=O)c1ccc(Nc2cc(N)cc(F)c2)cc1. The first-order chi connectivity index (χ1) is 8.84. The molecule has 0 bridgehead atoms. The van der Waals surface area contributed by atoms with E-state index in [1.165, 1.54) is 24.3 Å². The van der Waals surface area contributed by atoms with Gasteiger partial charge in [0.1, 0.15) is 5.82 Å². The number of nitrogens with two attached hydrogens (primary N) is 1. The van der Waals surface area contributed by atoms with Crippen LogP contribution in [0.25, 0.3) is 0 Å². The van der Waals surface area contributed by atoms with E-state index in [4.69, 9.17) is 5.73 Å². The molecule has 2 aromatic rings. The zero-order valence-corrected chi connectivity index (χ0v) is 11.0. The zero-order chi connectivity index (χ0) is 14.0. The molecular weight excluding hydrogens is 267 g/mol. The fraction of sp³-hybridized carbons (Fsp3) is 0.0769. The van der Waals surface area contributed by atoms with Gasteiger partial charge in [-0.25, -0.2) is 12.8 Å². The molecule has 0 aliphatic rings. The van der Waals surface area contributed by atoms with E-state index in [2.05, 4.69) is 5.32 Å². The van der Waals surface area contributed by atoms with Crippen LogP contribution < -0.4 is 11.1 Å². The summed E-state index contributed by atoms with van der Waals surface area (Å²) < 4.78 is 35.8. The first-order valence-electron chi connectivity index (χ1n) is 5.48. The Hall–Kier alpha value is -2.08. The Labute approximate surface area is 111 Å². The molecule has 2 aromatic carbocycles. The lowest BCUT2D eigenvalue weighted by molar-refractivity contribution is 0.602. The Morgan fingerprint density at radius 2 is 1.68 bits per heavy atom. The zero-order valence-electron chi connectivity index (χ0n) is 10.2. The van der Waals surface area contributed by atoms with Crippen molar-refractivity contribution < 1.29 is 12.8 Å². The third kappa shape index (κ3) is 3.45. The molecule has 0 aliphatic carbocycles. The molecule has 4 nitrogen and oxygen atoms in total. The molecule has 2 rings (SSSR count). The molecular formula is C13H13FN2O2S. The highest BCUT2D eigenvalue weighted by atomic mass is 32.2. The maximum absolute atomic E-state index is 13.2. The van der Waals surface area contributed by atoms with Crippen molar-refractivity contribution in [3.05, 3.63) is 48.3 Å². The van der Waals surface area contributed by atoms with Gasteiger partial charge in [-0.1, -0.05) is 0 Å². The van der Waals surface area contributed by atoms with Crippen LogP contribution in [0.1, 0.15) is 0 Å². The Morgan fingerprint density at radius 1 is 1.05 bits per heavy atom. The quantitative estimate of drug-likeness (QED) is 0.848. The van der Waals surface area contributed by atoms with E-state index in [1.807, 2.05) is 0 Å². The number of halogens is 1. The predicted molar refractivity (Wildman–Crippen MR) is 73.6 cm³/mol. The number of nitrogen functional groups attached to an aromatic ring is 1. The van der Waals surface area contributed by atoms with Gasteiger partial charge in [-0.05, 0) is 42.5 Å². The molecule has 0 saturated heterocycles. The molecule has 0 aliphatic heterocycles. The summed E-state index contributed by atoms with van der Waals surface area (Å²) in [6, 6.07) is 10.3. The number of benzene rings is 2. The van der Waals surface area contributed by atoms with Crippen molar-refractivity contribution >= 4 is 26.9 Å². The predicted octanol–water partition coefficient (Wildman–Crippen LogP) is 2.56. The van der Waals surface area contributed by atoms with E-state index in [1.54, 1.807) is 18.2 Å². The highest BCUT2D eigenvalue weighted by molar-refractivity contribution is 7.90. The van der Waals surface area contributed by atoms with E-state index >= 15 is 0 Å². The van der Waals surface area contributed by atoms with Gasteiger partial charge >= 0.3 is 0 Å². The monoisotopic (exact) mass is 280 g/mol. The van der Waals surface area contributed by atoms with E-state index in [9.17, 15) is 12.8 Å². The normalized spacial score (nSPS) is 11.3. The Balaban J connectivity index is 2.24. The molecule has 0 aromatic heterocycles. The minimum absolute atomic E-state index is 0.233. The van der Waals surface area contributed by atoms with Gasteiger partial charge in [0, 0.05) is 23.3 Å². The third-order valence-corrected chi connectivity index (χ3v) is 3.62. The first kappa shape index (κ1) is 13.4. The molecule has 0 fully saturated rings. The van der Waals surface area contributed by atoms with Crippen molar-refractivity contribution in [1.29, 1.82) is 0 Å². The second kappa shape index (κ2) is 4.89. The summed E-state index contributed by atoms with van der Waals surface area (Å²) in [6.45, 7) is 0. The number of hydrogen-bond acceptors (Lipinski definition) is 4. The van der Waals surface area contributed by atoms with Crippen LogP contribution in [0.4, 0.5) is 21.5 Å². The molecule has 6 heteroatoms. The Kier molecular flexibility index (Phi) is 3.44. The van der Waals surface area contributed by atoms with E-state index < -0.39 is 15.7 Å². The molecule has 3 N–H and O–H groups in total. The molecule has 0 amide bonds. The number of rotatable bonds is 3. The van der Waals surface area contributed by atoms with E-state index in [-0.39, 0.29) is 4.90 Å². The summed E-state index contributed by atoms with van der Waals surface area (Å²) >= 11 is 0. The first-order valence-corrected chi connectivity index (χ1v) is 7.37. The standard InChI is InChI=1S/C13H13FN2O2S/c1-19(17,18)13-4-2-11(3-5-13)16-12-7-9(14)6-10(15)8-12/h2-8,16H,15H2,1H3. The van der Waals surface area contributed by atoms with Gasteiger partial charge in [-0.15, -0.1) is 0 Å². The third-order valence-electron chi connectivity index (χ3n) is 2.49. The average molecular weight is 280 g/mol. The van der Waals surface area contributed by atoms with Gasteiger partial charge in [0.25, 0.3) is 0 Å². The van der Waals surface area contributed by atoms with Gasteiger partial charge < -0.3 is 11.1 Å². The highest BCUT2D eigenvalue weighted by Gasteiger charge is 2.06. The lowest BCUT2D eigenvalue weighted by Gasteiger charge is -2.08. The summed E-state index contributed by atoms with van der Waals surface area (Å²) in [5.41, 5.74) is 7.00. The van der Waals surface area contributed by atoms with Crippen molar-refractivity contribution in [2.24, 2.45) is 0 Å². The largest absolute Gasteiger partial charge is 0.399 e. The molecule has 0 radical (unpaired) electrons. The number of nitrogens with one attached hydrogen (secondary N) is 1. The Bertz CT molecular complexity index is 677. The highest BCUT2D eigenvalue weighted by Crippen LogP contribution is 2.21. The maximum Gasteiger partial charge on any atom is 0.175 e. The number of sulfone groups is 1. The molecule has 19 heavy (non-hydrogen) atoms. The lowest BCUT2D eigenvalue weighted by Crippen LogP contribution is -1.98. The van der Waals surface area contributed by atoms with Crippen molar-refractivity contribution in [2.75, 3.05) is 17.3 Å². The van der Waals surface area contributed by atoms with Crippen molar-refractivity contribution in [1.82, 2.24) is 0 Å². The van der Waals surface area contributed by atoms with Crippen molar-refractivity contribution in [3.8, 4) is 0 Å². The fourth-order valence-corrected chi connectivity index (χ4v) is 2.27. The van der Waals surface area contributed by atoms with Gasteiger partial charge in [0.05, 0.1) is 4.90 Å². The number of anilines is 3. The van der Waals surface area contributed by atoms with Gasteiger partial charge in [0.15, 0.2) is 9.84 Å². The van der Waals surface area contributed by atoms with Crippen LogP contribution in [0.15, 0.2) is 47.4 Å².